The molecule has 0 aliphatic heterocycles. The van der Waals surface area contributed by atoms with Crippen molar-refractivity contribution < 1.29 is 13.9 Å². The summed E-state index contributed by atoms with van der Waals surface area (Å²) in [4.78, 5) is 0. The lowest BCUT2D eigenvalue weighted by Crippen LogP contribution is -1.96. The molecule has 0 amide bonds. The highest BCUT2D eigenvalue weighted by atomic mass is 79.9. The topological polar surface area (TPSA) is 33.4 Å². The molecule has 98 valence electrons. The van der Waals surface area contributed by atoms with Gasteiger partial charge in [0.1, 0.15) is 23.3 Å². The molecule has 2 aromatic heterocycles. The summed E-state index contributed by atoms with van der Waals surface area (Å²) >= 11 is 8.24. The zero-order valence-corrected chi connectivity index (χ0v) is 13.4. The molecule has 3 rings (SSSR count). The molecule has 0 radical (unpaired) electrons. The van der Waals surface area contributed by atoms with Gasteiger partial charge in [-0.05, 0) is 62.2 Å². The van der Waals surface area contributed by atoms with E-state index in [1.807, 2.05) is 6.07 Å². The first-order chi connectivity index (χ1) is 9.04. The zero-order valence-electron chi connectivity index (χ0n) is 9.36. The number of hydrogen-bond donors (Lipinski definition) is 1. The Morgan fingerprint density at radius 2 is 2.00 bits per heavy atom. The summed E-state index contributed by atoms with van der Waals surface area (Å²) in [5.74, 6) is 0.0698. The van der Waals surface area contributed by atoms with Crippen LogP contribution in [0, 0.1) is 5.82 Å². The van der Waals surface area contributed by atoms with Crippen molar-refractivity contribution in [2.45, 2.75) is 6.10 Å². The first kappa shape index (κ1) is 13.3. The molecule has 0 fully saturated rings. The second kappa shape index (κ2) is 5.01. The van der Waals surface area contributed by atoms with Crippen molar-refractivity contribution in [1.29, 1.82) is 0 Å². The lowest BCUT2D eigenvalue weighted by Gasteiger charge is -2.05. The Labute approximate surface area is 129 Å². The predicted octanol–water partition coefficient (Wildman–Crippen LogP) is 5.24. The van der Waals surface area contributed by atoms with Gasteiger partial charge >= 0.3 is 0 Å². The molecule has 19 heavy (non-hydrogen) atoms. The first-order valence-electron chi connectivity index (χ1n) is 5.36. The first-order valence-corrected chi connectivity index (χ1v) is 7.76. The number of fused-ring (bicyclic) bond motifs is 1. The Morgan fingerprint density at radius 1 is 1.21 bits per heavy atom. The maximum Gasteiger partial charge on any atom is 0.139 e. The summed E-state index contributed by atoms with van der Waals surface area (Å²) in [6.07, 6.45) is -0.882. The van der Waals surface area contributed by atoms with E-state index in [-0.39, 0.29) is 5.82 Å². The summed E-state index contributed by atoms with van der Waals surface area (Å²) in [6, 6.07) is 7.75. The van der Waals surface area contributed by atoms with Crippen LogP contribution < -0.4 is 0 Å². The van der Waals surface area contributed by atoms with E-state index in [4.69, 9.17) is 4.42 Å². The van der Waals surface area contributed by atoms with Gasteiger partial charge in [-0.1, -0.05) is 0 Å². The molecule has 3 aromatic rings. The van der Waals surface area contributed by atoms with Crippen LogP contribution >= 0.6 is 43.2 Å². The summed E-state index contributed by atoms with van der Waals surface area (Å²) in [7, 11) is 0. The smallest absolute Gasteiger partial charge is 0.139 e. The molecule has 2 heterocycles. The predicted molar refractivity (Wildman–Crippen MR) is 80.0 cm³/mol. The van der Waals surface area contributed by atoms with Gasteiger partial charge in [0.25, 0.3) is 0 Å². The van der Waals surface area contributed by atoms with E-state index < -0.39 is 6.10 Å². The van der Waals surface area contributed by atoms with Crippen molar-refractivity contribution in [3.8, 4) is 0 Å². The molecule has 6 heteroatoms. The summed E-state index contributed by atoms with van der Waals surface area (Å²) in [6.45, 7) is 0. The minimum Gasteiger partial charge on any atom is -0.458 e. The average molecular weight is 406 g/mol. The fraction of sp³-hybridized carbons (Fsp3) is 0.0769. The molecule has 2 nitrogen and oxygen atoms in total. The number of furan rings is 1. The second-order valence-electron chi connectivity index (χ2n) is 4.01. The van der Waals surface area contributed by atoms with Gasteiger partial charge in [0.2, 0.25) is 0 Å². The maximum atomic E-state index is 13.1. The molecule has 0 saturated carbocycles. The van der Waals surface area contributed by atoms with Gasteiger partial charge in [-0.3, -0.25) is 0 Å². The number of benzene rings is 1. The minimum atomic E-state index is -0.882. The van der Waals surface area contributed by atoms with E-state index in [1.165, 1.54) is 23.5 Å². The van der Waals surface area contributed by atoms with Crippen molar-refractivity contribution in [2.24, 2.45) is 0 Å². The lowest BCUT2D eigenvalue weighted by atomic mass is 10.1. The van der Waals surface area contributed by atoms with Gasteiger partial charge in [-0.15, -0.1) is 11.3 Å². The number of aliphatic hydroxyl groups is 1. The lowest BCUT2D eigenvalue weighted by molar-refractivity contribution is 0.192. The van der Waals surface area contributed by atoms with E-state index in [9.17, 15) is 9.50 Å². The molecule has 1 unspecified atom stereocenters. The van der Waals surface area contributed by atoms with Gasteiger partial charge in [0.05, 0.1) is 7.57 Å². The summed E-state index contributed by atoms with van der Waals surface area (Å²) in [5, 5.41) is 11.0. The number of rotatable bonds is 2. The van der Waals surface area contributed by atoms with Crippen LogP contribution in [0.5, 0.6) is 0 Å². The van der Waals surface area contributed by atoms with Crippen LogP contribution in [0.4, 0.5) is 4.39 Å². The van der Waals surface area contributed by atoms with E-state index in [1.54, 1.807) is 12.1 Å². The van der Waals surface area contributed by atoms with Gasteiger partial charge in [-0.25, -0.2) is 4.39 Å². The van der Waals surface area contributed by atoms with Crippen molar-refractivity contribution in [1.82, 2.24) is 0 Å². The maximum absolute atomic E-state index is 13.1. The Morgan fingerprint density at radius 3 is 2.68 bits per heavy atom. The standard InChI is InChI=1S/C13H7Br2FO2S/c14-11-5-8(13(15)19-11)12(17)10-4-6-3-7(16)1-2-9(6)18-10/h1-5,12,17H. The van der Waals surface area contributed by atoms with Crippen LogP contribution in [0.1, 0.15) is 17.4 Å². The molecule has 1 atom stereocenters. The van der Waals surface area contributed by atoms with E-state index >= 15 is 0 Å². The normalized spacial score (nSPS) is 13.1. The van der Waals surface area contributed by atoms with Crippen LogP contribution in [-0.4, -0.2) is 5.11 Å². The van der Waals surface area contributed by atoms with Gasteiger partial charge in [0.15, 0.2) is 0 Å². The van der Waals surface area contributed by atoms with E-state index in [2.05, 4.69) is 31.9 Å². The van der Waals surface area contributed by atoms with Crippen LogP contribution in [0.2, 0.25) is 0 Å². The Bertz CT molecular complexity index is 750. The highest BCUT2D eigenvalue weighted by Crippen LogP contribution is 2.39. The highest BCUT2D eigenvalue weighted by Gasteiger charge is 2.20. The summed E-state index contributed by atoms with van der Waals surface area (Å²) in [5.41, 5.74) is 1.28. The number of halogens is 3. The van der Waals surface area contributed by atoms with Gasteiger partial charge in [0, 0.05) is 10.9 Å². The SMILES string of the molecule is OC(c1cc2cc(F)ccc2o1)c1cc(Br)sc1Br. The van der Waals surface area contributed by atoms with Crippen LogP contribution in [0.3, 0.4) is 0 Å². The third kappa shape index (κ3) is 2.50. The number of hydrogen-bond acceptors (Lipinski definition) is 3. The molecular formula is C13H7Br2FO2S. The van der Waals surface area contributed by atoms with Crippen molar-refractivity contribution >= 4 is 54.2 Å². The largest absolute Gasteiger partial charge is 0.458 e. The second-order valence-corrected chi connectivity index (χ2v) is 7.76. The van der Waals surface area contributed by atoms with Crippen molar-refractivity contribution in [3.05, 3.63) is 55.0 Å². The highest BCUT2D eigenvalue weighted by molar-refractivity contribution is 9.12. The molecule has 0 saturated heterocycles. The van der Waals surface area contributed by atoms with Gasteiger partial charge in [-0.2, -0.15) is 0 Å². The molecule has 1 N–H and O–H groups in total. The third-order valence-corrected chi connectivity index (χ3v) is 5.13. The minimum absolute atomic E-state index is 0.325. The Kier molecular flexibility index (Phi) is 3.51. The third-order valence-electron chi connectivity index (χ3n) is 2.74. The zero-order chi connectivity index (χ0) is 13.6. The molecule has 0 aliphatic rings. The average Bonchev–Trinajstić information content (AvgIpc) is 2.91. The van der Waals surface area contributed by atoms with Crippen molar-refractivity contribution in [2.75, 3.05) is 0 Å². The molecule has 0 bridgehead atoms. The number of thiophene rings is 1. The van der Waals surface area contributed by atoms with Gasteiger partial charge < -0.3 is 9.52 Å². The van der Waals surface area contributed by atoms with E-state index in [0.29, 0.717) is 16.7 Å². The van der Waals surface area contributed by atoms with Crippen molar-refractivity contribution in [3.63, 3.8) is 0 Å². The molecule has 0 aliphatic carbocycles. The van der Waals surface area contributed by atoms with Crippen LogP contribution in [0.15, 0.2) is 42.3 Å². The fourth-order valence-corrected chi connectivity index (χ4v) is 4.75. The quantitative estimate of drug-likeness (QED) is 0.632. The monoisotopic (exact) mass is 404 g/mol. The van der Waals surface area contributed by atoms with Crippen LogP contribution in [-0.2, 0) is 0 Å². The summed E-state index contributed by atoms with van der Waals surface area (Å²) < 4.78 is 20.4. The molecule has 0 spiro atoms. The number of aliphatic hydroxyl groups excluding tert-OH is 1. The fourth-order valence-electron chi connectivity index (χ4n) is 1.86. The molecular weight excluding hydrogens is 399 g/mol. The Balaban J connectivity index is 2.06. The van der Waals surface area contributed by atoms with E-state index in [0.717, 1.165) is 13.1 Å². The Hall–Kier alpha value is -0.690. The molecule has 1 aromatic carbocycles. The van der Waals surface area contributed by atoms with Crippen LogP contribution in [0.25, 0.3) is 11.0 Å².